The van der Waals surface area contributed by atoms with E-state index in [0.29, 0.717) is 0 Å². The van der Waals surface area contributed by atoms with E-state index in [1.807, 2.05) is 0 Å². The molecule has 1 heterocycles. The molecule has 0 saturated carbocycles. The zero-order valence-corrected chi connectivity index (χ0v) is 9.08. The van der Waals surface area contributed by atoms with Crippen molar-refractivity contribution < 1.29 is 9.72 Å². The fourth-order valence-corrected chi connectivity index (χ4v) is 1.36. The molecule has 92 valence electrons. The molecule has 18 heavy (non-hydrogen) atoms. The number of nitrogens with one attached hydrogen (secondary N) is 2. The molecular weight excluding hydrogens is 238 g/mol. The van der Waals surface area contributed by atoms with Crippen LogP contribution < -0.4 is 11.1 Å². The SMILES string of the molecule is Nc1ccc([N+](=O)[O-])cc1C(=O)Nc1ncc[nH]1. The maximum Gasteiger partial charge on any atom is 0.270 e. The van der Waals surface area contributed by atoms with Gasteiger partial charge in [0.25, 0.3) is 11.6 Å². The van der Waals surface area contributed by atoms with Crippen molar-refractivity contribution in [3.8, 4) is 0 Å². The molecule has 8 heteroatoms. The summed E-state index contributed by atoms with van der Waals surface area (Å²) in [5.74, 6) is -0.322. The number of rotatable bonds is 3. The Kier molecular flexibility index (Phi) is 2.92. The number of carbonyl (C=O) groups is 1. The fraction of sp³-hybridized carbons (Fsp3) is 0. The Labute approximate surface area is 101 Å². The van der Waals surface area contributed by atoms with E-state index in [-0.39, 0.29) is 22.9 Å². The van der Waals surface area contributed by atoms with Gasteiger partial charge in [0.15, 0.2) is 0 Å². The zero-order chi connectivity index (χ0) is 13.1. The normalized spacial score (nSPS) is 10.0. The maximum atomic E-state index is 11.8. The highest BCUT2D eigenvalue weighted by Crippen LogP contribution is 2.20. The van der Waals surface area contributed by atoms with Gasteiger partial charge >= 0.3 is 0 Å². The van der Waals surface area contributed by atoms with Crippen LogP contribution in [-0.4, -0.2) is 20.8 Å². The van der Waals surface area contributed by atoms with E-state index in [1.165, 1.54) is 24.5 Å². The fourth-order valence-electron chi connectivity index (χ4n) is 1.36. The molecular formula is C10H9N5O3. The number of aromatic nitrogens is 2. The first kappa shape index (κ1) is 11.6. The Hall–Kier alpha value is -2.90. The van der Waals surface area contributed by atoms with E-state index in [4.69, 9.17) is 5.73 Å². The van der Waals surface area contributed by atoms with Crippen molar-refractivity contribution >= 4 is 23.2 Å². The Morgan fingerprint density at radius 3 is 2.89 bits per heavy atom. The van der Waals surface area contributed by atoms with Crippen molar-refractivity contribution in [2.24, 2.45) is 0 Å². The second kappa shape index (κ2) is 4.53. The van der Waals surface area contributed by atoms with Crippen molar-refractivity contribution in [1.29, 1.82) is 0 Å². The Balaban J connectivity index is 2.29. The van der Waals surface area contributed by atoms with Gasteiger partial charge < -0.3 is 10.7 Å². The molecule has 8 nitrogen and oxygen atoms in total. The van der Waals surface area contributed by atoms with Crippen LogP contribution in [0.25, 0.3) is 0 Å². The number of nitrogens with zero attached hydrogens (tertiary/aromatic N) is 2. The summed E-state index contributed by atoms with van der Waals surface area (Å²) >= 11 is 0. The van der Waals surface area contributed by atoms with Gasteiger partial charge in [-0.05, 0) is 6.07 Å². The van der Waals surface area contributed by atoms with E-state index in [9.17, 15) is 14.9 Å². The predicted octanol–water partition coefficient (Wildman–Crippen LogP) is 1.15. The van der Waals surface area contributed by atoms with Crippen molar-refractivity contribution in [1.82, 2.24) is 9.97 Å². The van der Waals surface area contributed by atoms with Crippen LogP contribution in [0.2, 0.25) is 0 Å². The minimum atomic E-state index is -0.594. The van der Waals surface area contributed by atoms with Crippen LogP contribution in [0.5, 0.6) is 0 Å². The van der Waals surface area contributed by atoms with E-state index in [0.717, 1.165) is 6.07 Å². The van der Waals surface area contributed by atoms with Gasteiger partial charge in [0.2, 0.25) is 5.95 Å². The highest BCUT2D eigenvalue weighted by Gasteiger charge is 2.15. The lowest BCUT2D eigenvalue weighted by Gasteiger charge is -2.05. The number of nitro groups is 1. The quantitative estimate of drug-likeness (QED) is 0.426. The van der Waals surface area contributed by atoms with Crippen molar-refractivity contribution in [3.63, 3.8) is 0 Å². The minimum absolute atomic E-state index is 0.0283. The molecule has 1 amide bonds. The predicted molar refractivity (Wildman–Crippen MR) is 64.0 cm³/mol. The highest BCUT2D eigenvalue weighted by molar-refractivity contribution is 6.07. The number of imidazole rings is 1. The van der Waals surface area contributed by atoms with Crippen LogP contribution in [0.4, 0.5) is 17.3 Å². The summed E-state index contributed by atoms with van der Waals surface area (Å²) in [6.45, 7) is 0. The summed E-state index contributed by atoms with van der Waals surface area (Å²) in [4.78, 5) is 28.3. The van der Waals surface area contributed by atoms with Crippen molar-refractivity contribution in [3.05, 3.63) is 46.3 Å². The number of aromatic amines is 1. The van der Waals surface area contributed by atoms with Gasteiger partial charge in [-0.2, -0.15) is 0 Å². The molecule has 0 fully saturated rings. The molecule has 4 N–H and O–H groups in total. The molecule has 0 radical (unpaired) electrons. The van der Waals surface area contributed by atoms with Gasteiger partial charge in [-0.3, -0.25) is 20.2 Å². The molecule has 1 aromatic carbocycles. The van der Waals surface area contributed by atoms with Gasteiger partial charge in [0.05, 0.1) is 10.5 Å². The van der Waals surface area contributed by atoms with Crippen LogP contribution in [-0.2, 0) is 0 Å². The molecule has 0 spiro atoms. The Morgan fingerprint density at radius 2 is 2.28 bits per heavy atom. The van der Waals surface area contributed by atoms with Crippen LogP contribution in [0, 0.1) is 10.1 Å². The molecule has 0 aliphatic rings. The van der Waals surface area contributed by atoms with Crippen LogP contribution in [0.15, 0.2) is 30.6 Å². The van der Waals surface area contributed by atoms with Gasteiger partial charge in [-0.1, -0.05) is 0 Å². The number of benzene rings is 1. The van der Waals surface area contributed by atoms with E-state index in [1.54, 1.807) is 0 Å². The van der Waals surface area contributed by atoms with E-state index >= 15 is 0 Å². The Bertz CT molecular complexity index is 594. The monoisotopic (exact) mass is 247 g/mol. The maximum absolute atomic E-state index is 11.8. The summed E-state index contributed by atoms with van der Waals surface area (Å²) < 4.78 is 0. The highest BCUT2D eigenvalue weighted by atomic mass is 16.6. The summed E-state index contributed by atoms with van der Waals surface area (Å²) in [6.07, 6.45) is 3.00. The number of nitro benzene ring substituents is 1. The van der Waals surface area contributed by atoms with Crippen LogP contribution in [0.1, 0.15) is 10.4 Å². The van der Waals surface area contributed by atoms with Gasteiger partial charge in [0.1, 0.15) is 0 Å². The lowest BCUT2D eigenvalue weighted by atomic mass is 10.1. The number of amides is 1. The van der Waals surface area contributed by atoms with Crippen LogP contribution >= 0.6 is 0 Å². The molecule has 0 aliphatic heterocycles. The number of carbonyl (C=O) groups excluding carboxylic acids is 1. The number of nitrogen functional groups attached to an aromatic ring is 1. The number of hydrogen-bond acceptors (Lipinski definition) is 5. The Morgan fingerprint density at radius 1 is 1.50 bits per heavy atom. The van der Waals surface area contributed by atoms with E-state index < -0.39 is 10.8 Å². The third-order valence-electron chi connectivity index (χ3n) is 2.22. The molecule has 0 atom stereocenters. The lowest BCUT2D eigenvalue weighted by Crippen LogP contribution is -2.15. The van der Waals surface area contributed by atoms with Gasteiger partial charge in [0, 0.05) is 30.2 Å². The van der Waals surface area contributed by atoms with Gasteiger partial charge in [-0.25, -0.2) is 4.98 Å². The standard InChI is InChI=1S/C10H9N5O3/c11-8-2-1-6(15(17)18)5-7(8)9(16)14-10-12-3-4-13-10/h1-5H,11H2,(H2,12,13,14,16). The number of anilines is 2. The van der Waals surface area contributed by atoms with Gasteiger partial charge in [-0.15, -0.1) is 0 Å². The molecule has 0 unspecified atom stereocenters. The molecule has 0 aliphatic carbocycles. The second-order valence-electron chi connectivity index (χ2n) is 3.42. The van der Waals surface area contributed by atoms with Crippen molar-refractivity contribution in [2.45, 2.75) is 0 Å². The number of non-ortho nitro benzene ring substituents is 1. The minimum Gasteiger partial charge on any atom is -0.398 e. The third kappa shape index (κ3) is 2.26. The average molecular weight is 247 g/mol. The first-order chi connectivity index (χ1) is 8.58. The molecule has 2 aromatic rings. The zero-order valence-electron chi connectivity index (χ0n) is 9.08. The first-order valence-corrected chi connectivity index (χ1v) is 4.92. The van der Waals surface area contributed by atoms with Crippen molar-refractivity contribution in [2.75, 3.05) is 11.1 Å². The second-order valence-corrected chi connectivity index (χ2v) is 3.42. The number of H-pyrrole nitrogens is 1. The largest absolute Gasteiger partial charge is 0.398 e. The topological polar surface area (TPSA) is 127 Å². The smallest absolute Gasteiger partial charge is 0.270 e. The third-order valence-corrected chi connectivity index (χ3v) is 2.22. The summed E-state index contributed by atoms with van der Waals surface area (Å²) in [7, 11) is 0. The number of nitrogens with two attached hydrogens (primary N) is 1. The average Bonchev–Trinajstić information content (AvgIpc) is 2.81. The molecule has 0 saturated heterocycles. The summed E-state index contributed by atoms with van der Waals surface area (Å²) in [5, 5.41) is 13.1. The first-order valence-electron chi connectivity index (χ1n) is 4.92. The summed E-state index contributed by atoms with van der Waals surface area (Å²) in [6, 6.07) is 3.67. The lowest BCUT2D eigenvalue weighted by molar-refractivity contribution is -0.384. The van der Waals surface area contributed by atoms with Crippen LogP contribution in [0.3, 0.4) is 0 Å². The van der Waals surface area contributed by atoms with E-state index in [2.05, 4.69) is 15.3 Å². The molecule has 0 bridgehead atoms. The molecule has 2 rings (SSSR count). The summed E-state index contributed by atoms with van der Waals surface area (Å²) in [5.41, 5.74) is 5.59. The molecule has 1 aromatic heterocycles. The number of hydrogen-bond donors (Lipinski definition) is 3.